The van der Waals surface area contributed by atoms with Crippen LogP contribution in [0, 0.1) is 0 Å². The van der Waals surface area contributed by atoms with Gasteiger partial charge in [0.25, 0.3) is 5.56 Å². The molecule has 1 rings (SSSR count). The number of aromatic amines is 2. The normalized spacial score (nSPS) is 11.1. The number of unbranched alkanes of at least 4 members (excludes halogenated alkanes) is 2. The summed E-state index contributed by atoms with van der Waals surface area (Å²) < 4.78 is 0. The van der Waals surface area contributed by atoms with Crippen LogP contribution in [0.5, 0.6) is 0 Å². The SMILES string of the molecule is CC(=O)/C=C/c1c(SCCCCCO)[nH]c(=O)[nH]c1=O. The number of rotatable bonds is 8. The van der Waals surface area contributed by atoms with Crippen molar-refractivity contribution in [2.24, 2.45) is 0 Å². The van der Waals surface area contributed by atoms with Crippen LogP contribution in [0.4, 0.5) is 0 Å². The van der Waals surface area contributed by atoms with E-state index >= 15 is 0 Å². The Kier molecular flexibility index (Phi) is 7.03. The summed E-state index contributed by atoms with van der Waals surface area (Å²) in [4.78, 5) is 38.7. The topological polar surface area (TPSA) is 103 Å². The van der Waals surface area contributed by atoms with Gasteiger partial charge in [0.05, 0.1) is 10.6 Å². The number of carbonyl (C=O) groups is 1. The van der Waals surface area contributed by atoms with Crippen molar-refractivity contribution in [2.75, 3.05) is 12.4 Å². The number of hydrogen-bond acceptors (Lipinski definition) is 5. The Morgan fingerprint density at radius 3 is 2.65 bits per heavy atom. The maximum Gasteiger partial charge on any atom is 0.326 e. The van der Waals surface area contributed by atoms with Crippen molar-refractivity contribution in [1.82, 2.24) is 9.97 Å². The summed E-state index contributed by atoms with van der Waals surface area (Å²) in [6.07, 6.45) is 5.20. The third-order valence-corrected chi connectivity index (χ3v) is 3.58. The molecule has 6 nitrogen and oxygen atoms in total. The summed E-state index contributed by atoms with van der Waals surface area (Å²) in [5.74, 6) is 0.551. The fourth-order valence-corrected chi connectivity index (χ4v) is 2.54. The molecule has 1 heterocycles. The van der Waals surface area contributed by atoms with Crippen molar-refractivity contribution in [2.45, 2.75) is 31.2 Å². The maximum absolute atomic E-state index is 11.7. The number of H-pyrrole nitrogens is 2. The van der Waals surface area contributed by atoms with Crippen LogP contribution in [0.15, 0.2) is 20.7 Å². The number of aliphatic hydroxyl groups is 1. The van der Waals surface area contributed by atoms with Crippen LogP contribution >= 0.6 is 11.8 Å². The molecule has 20 heavy (non-hydrogen) atoms. The second-order valence-corrected chi connectivity index (χ2v) is 5.33. The predicted molar refractivity (Wildman–Crippen MR) is 79.1 cm³/mol. The van der Waals surface area contributed by atoms with E-state index in [-0.39, 0.29) is 18.0 Å². The quantitative estimate of drug-likeness (QED) is 0.286. The second kappa shape index (κ2) is 8.55. The predicted octanol–water partition coefficient (Wildman–Crippen LogP) is 0.920. The van der Waals surface area contributed by atoms with Crippen LogP contribution in [0.2, 0.25) is 0 Å². The summed E-state index contributed by atoms with van der Waals surface area (Å²) in [6.45, 7) is 1.55. The zero-order valence-electron chi connectivity index (χ0n) is 11.3. The smallest absolute Gasteiger partial charge is 0.326 e. The average Bonchev–Trinajstić information content (AvgIpc) is 2.36. The first-order valence-corrected chi connectivity index (χ1v) is 7.32. The molecule has 7 heteroatoms. The van der Waals surface area contributed by atoms with Crippen LogP contribution in [0.3, 0.4) is 0 Å². The minimum absolute atomic E-state index is 0.166. The highest BCUT2D eigenvalue weighted by Gasteiger charge is 2.07. The number of carbonyl (C=O) groups excluding carboxylic acids is 1. The Balaban J connectivity index is 2.84. The Morgan fingerprint density at radius 2 is 2.00 bits per heavy atom. The first kappa shape index (κ1) is 16.5. The molecule has 110 valence electrons. The lowest BCUT2D eigenvalue weighted by atomic mass is 10.3. The van der Waals surface area contributed by atoms with Gasteiger partial charge in [0.1, 0.15) is 0 Å². The van der Waals surface area contributed by atoms with Gasteiger partial charge in [0.15, 0.2) is 5.78 Å². The fraction of sp³-hybridized carbons (Fsp3) is 0.462. The second-order valence-electron chi connectivity index (χ2n) is 4.23. The molecular weight excluding hydrogens is 280 g/mol. The monoisotopic (exact) mass is 298 g/mol. The van der Waals surface area contributed by atoms with Crippen molar-refractivity contribution >= 4 is 23.6 Å². The molecule has 0 radical (unpaired) electrons. The van der Waals surface area contributed by atoms with Crippen LogP contribution in [0.25, 0.3) is 6.08 Å². The van der Waals surface area contributed by atoms with Crippen molar-refractivity contribution in [3.05, 3.63) is 32.5 Å². The Hall–Kier alpha value is -1.60. The number of nitrogens with one attached hydrogen (secondary N) is 2. The van der Waals surface area contributed by atoms with Gasteiger partial charge in [-0.05, 0) is 37.7 Å². The molecular formula is C13H18N2O4S. The number of hydrogen-bond donors (Lipinski definition) is 3. The van der Waals surface area contributed by atoms with E-state index in [1.807, 2.05) is 0 Å². The van der Waals surface area contributed by atoms with Crippen LogP contribution in [0.1, 0.15) is 31.7 Å². The van der Waals surface area contributed by atoms with E-state index in [2.05, 4.69) is 9.97 Å². The van der Waals surface area contributed by atoms with Gasteiger partial charge in [-0.3, -0.25) is 14.6 Å². The van der Waals surface area contributed by atoms with Crippen molar-refractivity contribution in [1.29, 1.82) is 0 Å². The zero-order valence-corrected chi connectivity index (χ0v) is 12.1. The Morgan fingerprint density at radius 1 is 1.25 bits per heavy atom. The van der Waals surface area contributed by atoms with E-state index in [1.54, 1.807) is 0 Å². The van der Waals surface area contributed by atoms with Gasteiger partial charge in [0, 0.05) is 6.61 Å². The van der Waals surface area contributed by atoms with E-state index in [0.717, 1.165) is 25.0 Å². The van der Waals surface area contributed by atoms with Gasteiger partial charge >= 0.3 is 5.69 Å². The molecule has 0 aliphatic heterocycles. The lowest BCUT2D eigenvalue weighted by Gasteiger charge is -2.04. The molecule has 0 aliphatic carbocycles. The third-order valence-electron chi connectivity index (χ3n) is 2.48. The highest BCUT2D eigenvalue weighted by molar-refractivity contribution is 7.99. The summed E-state index contributed by atoms with van der Waals surface area (Å²) in [5, 5.41) is 9.14. The van der Waals surface area contributed by atoms with Crippen LogP contribution in [-0.4, -0.2) is 33.2 Å². The molecule has 0 saturated heterocycles. The number of aromatic nitrogens is 2. The Labute approximate surface area is 120 Å². The molecule has 0 amide bonds. The molecule has 0 unspecified atom stereocenters. The van der Waals surface area contributed by atoms with E-state index in [9.17, 15) is 14.4 Å². The molecule has 0 spiro atoms. The third kappa shape index (κ3) is 5.58. The molecule has 3 N–H and O–H groups in total. The molecule has 0 bridgehead atoms. The lowest BCUT2D eigenvalue weighted by Crippen LogP contribution is -2.25. The van der Waals surface area contributed by atoms with E-state index in [1.165, 1.54) is 30.8 Å². The van der Waals surface area contributed by atoms with Gasteiger partial charge in [-0.25, -0.2) is 4.79 Å². The van der Waals surface area contributed by atoms with E-state index < -0.39 is 11.2 Å². The van der Waals surface area contributed by atoms with Crippen molar-refractivity contribution in [3.63, 3.8) is 0 Å². The fourth-order valence-electron chi connectivity index (χ4n) is 1.51. The summed E-state index contributed by atoms with van der Waals surface area (Å²) >= 11 is 1.36. The molecule has 0 fully saturated rings. The number of allylic oxidation sites excluding steroid dienone is 1. The lowest BCUT2D eigenvalue weighted by molar-refractivity contribution is -0.112. The Bertz CT molecular complexity index is 589. The molecule has 0 aliphatic rings. The molecule has 1 aromatic rings. The van der Waals surface area contributed by atoms with Crippen LogP contribution in [-0.2, 0) is 4.79 Å². The van der Waals surface area contributed by atoms with E-state index in [4.69, 9.17) is 5.11 Å². The van der Waals surface area contributed by atoms with E-state index in [0.29, 0.717) is 5.03 Å². The molecule has 1 aromatic heterocycles. The molecule has 0 aromatic carbocycles. The van der Waals surface area contributed by atoms with Gasteiger partial charge in [-0.1, -0.05) is 6.42 Å². The first-order chi connectivity index (χ1) is 9.54. The number of thioether (sulfide) groups is 1. The maximum atomic E-state index is 11.7. The number of aliphatic hydroxyl groups excluding tert-OH is 1. The summed E-state index contributed by atoms with van der Waals surface area (Å²) in [6, 6.07) is 0. The highest BCUT2D eigenvalue weighted by Crippen LogP contribution is 2.19. The summed E-state index contributed by atoms with van der Waals surface area (Å²) in [7, 11) is 0. The molecule has 0 saturated carbocycles. The average molecular weight is 298 g/mol. The number of ketones is 1. The standard InChI is InChI=1S/C13H18N2O4S/c1-9(17)5-6-10-11(18)14-13(19)15-12(10)20-8-4-2-3-7-16/h5-6,16H,2-4,7-8H2,1H3,(H2,14,15,18,19)/b6-5+. The zero-order chi connectivity index (χ0) is 15.0. The van der Waals surface area contributed by atoms with Crippen molar-refractivity contribution in [3.8, 4) is 0 Å². The van der Waals surface area contributed by atoms with Gasteiger partial charge in [0.2, 0.25) is 0 Å². The minimum atomic E-state index is -0.562. The molecule has 0 atom stereocenters. The minimum Gasteiger partial charge on any atom is -0.396 e. The van der Waals surface area contributed by atoms with Gasteiger partial charge < -0.3 is 10.1 Å². The van der Waals surface area contributed by atoms with Gasteiger partial charge in [-0.15, -0.1) is 11.8 Å². The largest absolute Gasteiger partial charge is 0.396 e. The summed E-state index contributed by atoms with van der Waals surface area (Å²) in [5.41, 5.74) is -0.788. The van der Waals surface area contributed by atoms with Crippen LogP contribution < -0.4 is 11.2 Å². The van der Waals surface area contributed by atoms with Gasteiger partial charge in [-0.2, -0.15) is 0 Å². The van der Waals surface area contributed by atoms with Crippen molar-refractivity contribution < 1.29 is 9.90 Å². The highest BCUT2D eigenvalue weighted by atomic mass is 32.2. The first-order valence-electron chi connectivity index (χ1n) is 6.33.